The van der Waals surface area contributed by atoms with E-state index in [1.165, 1.54) is 12.0 Å². The summed E-state index contributed by atoms with van der Waals surface area (Å²) in [6.45, 7) is 3.36. The van der Waals surface area contributed by atoms with Crippen molar-refractivity contribution in [3.63, 3.8) is 0 Å². The number of carbonyl (C=O) groups excluding carboxylic acids is 2. The highest BCUT2D eigenvalue weighted by molar-refractivity contribution is 5.83. The second-order valence-electron chi connectivity index (χ2n) is 8.96. The first-order valence-electron chi connectivity index (χ1n) is 11.7. The first-order chi connectivity index (χ1) is 15.7. The number of hydrogen-bond donors (Lipinski definition) is 0. The Bertz CT molecular complexity index is 1100. The average Bonchev–Trinajstić information content (AvgIpc) is 3.39. The summed E-state index contributed by atoms with van der Waals surface area (Å²) >= 11 is 0. The van der Waals surface area contributed by atoms with E-state index in [1.807, 2.05) is 52.3 Å². The molecule has 0 saturated carbocycles. The van der Waals surface area contributed by atoms with Gasteiger partial charge in [0.1, 0.15) is 12.4 Å². The second kappa shape index (κ2) is 9.15. The zero-order valence-electron chi connectivity index (χ0n) is 18.4. The minimum atomic E-state index is 0.0137. The van der Waals surface area contributed by atoms with E-state index in [0.29, 0.717) is 26.1 Å². The van der Waals surface area contributed by atoms with Crippen LogP contribution in [0.15, 0.2) is 54.6 Å². The van der Waals surface area contributed by atoms with Crippen LogP contribution in [0, 0.1) is 0 Å². The number of rotatable bonds is 6. The van der Waals surface area contributed by atoms with Gasteiger partial charge in [0, 0.05) is 38.5 Å². The third kappa shape index (κ3) is 4.27. The largest absolute Gasteiger partial charge is 0.342 e. The van der Waals surface area contributed by atoms with Gasteiger partial charge < -0.3 is 14.4 Å². The van der Waals surface area contributed by atoms with Gasteiger partial charge in [0.25, 0.3) is 0 Å². The number of likely N-dealkylation sites (tertiary alicyclic amines) is 2. The summed E-state index contributed by atoms with van der Waals surface area (Å²) in [7, 11) is 0. The Hall–Kier alpha value is -3.15. The van der Waals surface area contributed by atoms with Crippen molar-refractivity contribution in [3.05, 3.63) is 66.0 Å². The monoisotopic (exact) mass is 430 g/mol. The molecule has 0 spiro atoms. The summed E-state index contributed by atoms with van der Waals surface area (Å²) < 4.78 is 2.06. The number of benzene rings is 2. The SMILES string of the molecule is O=C(Cn1c(C2CC(=O)N(CCc3ccccc3)C2)nc2ccccc21)N1CCCCC1. The van der Waals surface area contributed by atoms with Crippen molar-refractivity contribution >= 4 is 22.8 Å². The number of hydrogen-bond acceptors (Lipinski definition) is 3. The van der Waals surface area contributed by atoms with Crippen molar-refractivity contribution in [2.45, 2.75) is 44.6 Å². The zero-order valence-corrected chi connectivity index (χ0v) is 18.4. The summed E-state index contributed by atoms with van der Waals surface area (Å²) in [6.07, 6.45) is 4.67. The van der Waals surface area contributed by atoms with Gasteiger partial charge in [0.2, 0.25) is 11.8 Å². The molecule has 2 aromatic carbocycles. The summed E-state index contributed by atoms with van der Waals surface area (Å²) in [6, 6.07) is 18.3. The molecular formula is C26H30N4O2. The normalized spacial score (nSPS) is 19.1. The lowest BCUT2D eigenvalue weighted by atomic mass is 10.1. The fourth-order valence-corrected chi connectivity index (χ4v) is 5.02. The number of aromatic nitrogens is 2. The zero-order chi connectivity index (χ0) is 21.9. The molecule has 0 N–H and O–H groups in total. The lowest BCUT2D eigenvalue weighted by molar-refractivity contribution is -0.132. The van der Waals surface area contributed by atoms with Gasteiger partial charge in [-0.3, -0.25) is 9.59 Å². The molecule has 6 nitrogen and oxygen atoms in total. The molecule has 1 unspecified atom stereocenters. The lowest BCUT2D eigenvalue weighted by Crippen LogP contribution is -2.38. The fraction of sp³-hybridized carbons (Fsp3) is 0.423. The minimum Gasteiger partial charge on any atom is -0.342 e. The number of amides is 2. The van der Waals surface area contributed by atoms with Gasteiger partial charge in [-0.2, -0.15) is 0 Å². The van der Waals surface area contributed by atoms with Crippen LogP contribution in [0.5, 0.6) is 0 Å². The molecule has 1 aromatic heterocycles. The molecule has 3 aromatic rings. The van der Waals surface area contributed by atoms with E-state index in [-0.39, 0.29) is 17.7 Å². The lowest BCUT2D eigenvalue weighted by Gasteiger charge is -2.27. The molecule has 2 saturated heterocycles. The Morgan fingerprint density at radius 1 is 0.969 bits per heavy atom. The van der Waals surface area contributed by atoms with Gasteiger partial charge in [-0.05, 0) is 43.4 Å². The molecule has 6 heteroatoms. The van der Waals surface area contributed by atoms with E-state index >= 15 is 0 Å². The number of piperidine rings is 1. The molecule has 166 valence electrons. The molecule has 3 heterocycles. The van der Waals surface area contributed by atoms with E-state index < -0.39 is 0 Å². The van der Waals surface area contributed by atoms with Gasteiger partial charge in [-0.1, -0.05) is 42.5 Å². The number of fused-ring (bicyclic) bond motifs is 1. The van der Waals surface area contributed by atoms with E-state index in [1.54, 1.807) is 0 Å². The van der Waals surface area contributed by atoms with E-state index in [2.05, 4.69) is 16.7 Å². The number of imidazole rings is 1. The molecule has 32 heavy (non-hydrogen) atoms. The molecule has 0 bridgehead atoms. The summed E-state index contributed by atoms with van der Waals surface area (Å²) in [4.78, 5) is 34.7. The summed E-state index contributed by atoms with van der Waals surface area (Å²) in [5, 5.41) is 0. The molecule has 2 aliphatic heterocycles. The number of para-hydroxylation sites is 2. The molecule has 2 aliphatic rings. The fourth-order valence-electron chi connectivity index (χ4n) is 5.02. The second-order valence-corrected chi connectivity index (χ2v) is 8.96. The standard InChI is InChI=1S/C26H30N4O2/c31-24-17-21(18-29(24)16-13-20-9-3-1-4-10-20)26-27-22-11-5-6-12-23(22)30(26)19-25(32)28-14-7-2-8-15-28/h1,3-6,9-12,21H,2,7-8,13-19H2. The van der Waals surface area contributed by atoms with Crippen LogP contribution in [0.3, 0.4) is 0 Å². The van der Waals surface area contributed by atoms with Crippen LogP contribution < -0.4 is 0 Å². The Morgan fingerprint density at radius 3 is 2.53 bits per heavy atom. The minimum absolute atomic E-state index is 0.0137. The van der Waals surface area contributed by atoms with Crippen molar-refractivity contribution in [2.75, 3.05) is 26.2 Å². The van der Waals surface area contributed by atoms with Crippen LogP contribution >= 0.6 is 0 Å². The first-order valence-corrected chi connectivity index (χ1v) is 11.7. The maximum absolute atomic E-state index is 13.1. The van der Waals surface area contributed by atoms with Crippen molar-refractivity contribution in [1.82, 2.24) is 19.4 Å². The van der Waals surface area contributed by atoms with Crippen molar-refractivity contribution in [1.29, 1.82) is 0 Å². The first kappa shape index (κ1) is 20.7. The highest BCUT2D eigenvalue weighted by Crippen LogP contribution is 2.30. The molecular weight excluding hydrogens is 400 g/mol. The van der Waals surface area contributed by atoms with E-state index in [9.17, 15) is 9.59 Å². The molecule has 0 aliphatic carbocycles. The molecule has 0 radical (unpaired) electrons. The molecule has 5 rings (SSSR count). The quantitative estimate of drug-likeness (QED) is 0.600. The van der Waals surface area contributed by atoms with Crippen molar-refractivity contribution < 1.29 is 9.59 Å². The van der Waals surface area contributed by atoms with Gasteiger partial charge in [-0.25, -0.2) is 4.98 Å². The Morgan fingerprint density at radius 2 is 1.72 bits per heavy atom. The van der Waals surface area contributed by atoms with Gasteiger partial charge in [0.05, 0.1) is 11.0 Å². The average molecular weight is 431 g/mol. The highest BCUT2D eigenvalue weighted by Gasteiger charge is 2.34. The van der Waals surface area contributed by atoms with Crippen molar-refractivity contribution in [3.8, 4) is 0 Å². The summed E-state index contributed by atoms with van der Waals surface area (Å²) in [5.41, 5.74) is 3.11. The predicted molar refractivity (Wildman–Crippen MR) is 124 cm³/mol. The predicted octanol–water partition coefficient (Wildman–Crippen LogP) is 3.61. The topological polar surface area (TPSA) is 58.4 Å². The van der Waals surface area contributed by atoms with Gasteiger partial charge >= 0.3 is 0 Å². The Kier molecular flexibility index (Phi) is 5.93. The third-order valence-electron chi connectivity index (χ3n) is 6.78. The van der Waals surface area contributed by atoms with E-state index in [4.69, 9.17) is 4.98 Å². The van der Waals surface area contributed by atoms with Crippen LogP contribution in [-0.2, 0) is 22.6 Å². The highest BCUT2D eigenvalue weighted by atomic mass is 16.2. The Balaban J connectivity index is 1.36. The third-order valence-corrected chi connectivity index (χ3v) is 6.78. The van der Waals surface area contributed by atoms with Crippen LogP contribution in [0.2, 0.25) is 0 Å². The Labute approximate surface area is 188 Å². The molecule has 2 amide bonds. The maximum Gasteiger partial charge on any atom is 0.242 e. The van der Waals surface area contributed by atoms with Crippen LogP contribution in [0.25, 0.3) is 11.0 Å². The maximum atomic E-state index is 13.1. The molecule has 2 fully saturated rings. The number of nitrogens with zero attached hydrogens (tertiary/aromatic N) is 4. The van der Waals surface area contributed by atoms with Crippen LogP contribution in [0.4, 0.5) is 0 Å². The summed E-state index contributed by atoms with van der Waals surface area (Å²) in [5.74, 6) is 1.21. The van der Waals surface area contributed by atoms with Gasteiger partial charge in [-0.15, -0.1) is 0 Å². The van der Waals surface area contributed by atoms with Crippen LogP contribution in [0.1, 0.15) is 43.0 Å². The number of carbonyl (C=O) groups is 2. The smallest absolute Gasteiger partial charge is 0.242 e. The molecule has 1 atom stereocenters. The van der Waals surface area contributed by atoms with E-state index in [0.717, 1.165) is 49.2 Å². The van der Waals surface area contributed by atoms with Crippen LogP contribution in [-0.4, -0.2) is 57.3 Å². The van der Waals surface area contributed by atoms with Crippen molar-refractivity contribution in [2.24, 2.45) is 0 Å². The van der Waals surface area contributed by atoms with Gasteiger partial charge in [0.15, 0.2) is 0 Å².